The van der Waals surface area contributed by atoms with Crippen LogP contribution in [0.25, 0.3) is 11.3 Å². The number of nitrogens with one attached hydrogen (secondary N) is 1. The molecule has 6 nitrogen and oxygen atoms in total. The Hall–Kier alpha value is -4.11. The van der Waals surface area contributed by atoms with Crippen LogP contribution in [0, 0.1) is 11.3 Å². The molecule has 6 heteroatoms. The second-order valence-electron chi connectivity index (χ2n) is 5.98. The highest BCUT2D eigenvalue weighted by Crippen LogP contribution is 2.36. The summed E-state index contributed by atoms with van der Waals surface area (Å²) in [7, 11) is 0. The maximum absolute atomic E-state index is 8.92. The van der Waals surface area contributed by atoms with Crippen LogP contribution in [0.15, 0.2) is 79.3 Å². The van der Waals surface area contributed by atoms with Gasteiger partial charge in [-0.25, -0.2) is 0 Å². The normalized spacial score (nSPS) is 10.2. The van der Waals surface area contributed by atoms with E-state index in [2.05, 4.69) is 21.3 Å². The van der Waals surface area contributed by atoms with E-state index in [1.165, 1.54) is 0 Å². The second-order valence-corrected chi connectivity index (χ2v) is 5.98. The minimum Gasteiger partial charge on any atom is -0.488 e. The summed E-state index contributed by atoms with van der Waals surface area (Å²) < 4.78 is 11.9. The van der Waals surface area contributed by atoms with Crippen molar-refractivity contribution in [1.82, 2.24) is 15.2 Å². The Morgan fingerprint density at radius 3 is 2.61 bits per heavy atom. The van der Waals surface area contributed by atoms with E-state index in [1.807, 2.05) is 36.4 Å². The van der Waals surface area contributed by atoms with Crippen LogP contribution in [0.5, 0.6) is 17.2 Å². The Kier molecular flexibility index (Phi) is 4.98. The summed E-state index contributed by atoms with van der Waals surface area (Å²) in [5.74, 6) is 1.89. The number of para-hydroxylation sites is 1. The number of nitrogens with zero attached hydrogens (tertiary/aromatic N) is 3. The van der Waals surface area contributed by atoms with Crippen LogP contribution >= 0.6 is 0 Å². The molecule has 1 N–H and O–H groups in total. The number of aromatic nitrogens is 3. The molecule has 0 saturated heterocycles. The summed E-state index contributed by atoms with van der Waals surface area (Å²) >= 11 is 0. The highest BCUT2D eigenvalue weighted by Gasteiger charge is 2.15. The molecule has 0 radical (unpaired) electrons. The Labute approximate surface area is 162 Å². The van der Waals surface area contributed by atoms with Gasteiger partial charge in [-0.15, -0.1) is 0 Å². The summed E-state index contributed by atoms with van der Waals surface area (Å²) in [6.07, 6.45) is 5.19. The number of benzene rings is 2. The van der Waals surface area contributed by atoms with E-state index in [4.69, 9.17) is 14.7 Å². The highest BCUT2D eigenvalue weighted by atomic mass is 16.5. The van der Waals surface area contributed by atoms with Gasteiger partial charge in [0.25, 0.3) is 0 Å². The number of hydrogen-bond donors (Lipinski definition) is 1. The van der Waals surface area contributed by atoms with Crippen LogP contribution in [0.2, 0.25) is 0 Å². The van der Waals surface area contributed by atoms with Crippen LogP contribution in [-0.2, 0) is 6.61 Å². The average Bonchev–Trinajstić information content (AvgIpc) is 3.21. The van der Waals surface area contributed by atoms with Gasteiger partial charge in [0.05, 0.1) is 17.8 Å². The lowest BCUT2D eigenvalue weighted by Gasteiger charge is -2.11. The minimum atomic E-state index is 0.404. The summed E-state index contributed by atoms with van der Waals surface area (Å²) in [5, 5.41) is 16.1. The van der Waals surface area contributed by atoms with E-state index in [-0.39, 0.29) is 0 Å². The molecule has 0 bridgehead atoms. The van der Waals surface area contributed by atoms with Gasteiger partial charge in [-0.1, -0.05) is 18.2 Å². The van der Waals surface area contributed by atoms with Crippen molar-refractivity contribution < 1.29 is 9.47 Å². The standard InChI is InChI=1S/C22H16N4O2/c23-12-16-7-9-18(10-8-16)28-21-14-25-26-22(21)19-5-1-2-6-20(19)27-15-17-4-3-11-24-13-17/h1-11,13-14H,15H2,(H,25,26). The zero-order valence-electron chi connectivity index (χ0n) is 14.9. The largest absolute Gasteiger partial charge is 0.488 e. The smallest absolute Gasteiger partial charge is 0.173 e. The van der Waals surface area contributed by atoms with Crippen molar-refractivity contribution in [2.75, 3.05) is 0 Å². The van der Waals surface area contributed by atoms with Gasteiger partial charge < -0.3 is 9.47 Å². The van der Waals surface area contributed by atoms with Crippen LogP contribution in [-0.4, -0.2) is 15.2 Å². The van der Waals surface area contributed by atoms with Gasteiger partial charge in [0.15, 0.2) is 5.75 Å². The number of rotatable bonds is 6. The van der Waals surface area contributed by atoms with Crippen molar-refractivity contribution in [2.24, 2.45) is 0 Å². The van der Waals surface area contributed by atoms with Gasteiger partial charge in [0.1, 0.15) is 23.8 Å². The van der Waals surface area contributed by atoms with Gasteiger partial charge in [0, 0.05) is 23.5 Å². The molecule has 0 aliphatic heterocycles. The number of aromatic amines is 1. The lowest BCUT2D eigenvalue weighted by atomic mass is 10.1. The molecule has 2 heterocycles. The summed E-state index contributed by atoms with van der Waals surface area (Å²) in [5.41, 5.74) is 3.02. The first-order valence-electron chi connectivity index (χ1n) is 8.66. The predicted octanol–water partition coefficient (Wildman–Crippen LogP) is 4.71. The molecule has 0 atom stereocenters. The Morgan fingerprint density at radius 2 is 1.82 bits per heavy atom. The zero-order valence-corrected chi connectivity index (χ0v) is 14.9. The monoisotopic (exact) mass is 368 g/mol. The topological polar surface area (TPSA) is 83.8 Å². The second kappa shape index (κ2) is 8.06. The van der Waals surface area contributed by atoms with Crippen molar-refractivity contribution in [3.63, 3.8) is 0 Å². The van der Waals surface area contributed by atoms with Gasteiger partial charge >= 0.3 is 0 Å². The Bertz CT molecular complexity index is 1100. The highest BCUT2D eigenvalue weighted by molar-refractivity contribution is 5.72. The van der Waals surface area contributed by atoms with E-state index in [1.54, 1.807) is 42.9 Å². The van der Waals surface area contributed by atoms with Crippen molar-refractivity contribution in [2.45, 2.75) is 6.61 Å². The van der Waals surface area contributed by atoms with Crippen LogP contribution < -0.4 is 9.47 Å². The van der Waals surface area contributed by atoms with Crippen LogP contribution in [0.4, 0.5) is 0 Å². The van der Waals surface area contributed by atoms with E-state index in [0.29, 0.717) is 35.1 Å². The first-order chi connectivity index (χ1) is 13.8. The number of ether oxygens (including phenoxy) is 2. The van der Waals surface area contributed by atoms with Crippen molar-refractivity contribution >= 4 is 0 Å². The maximum atomic E-state index is 8.92. The predicted molar refractivity (Wildman–Crippen MR) is 104 cm³/mol. The molecule has 0 unspecified atom stereocenters. The minimum absolute atomic E-state index is 0.404. The summed E-state index contributed by atoms with van der Waals surface area (Å²) in [4.78, 5) is 4.11. The zero-order chi connectivity index (χ0) is 19.2. The number of H-pyrrole nitrogens is 1. The molecule has 0 amide bonds. The molecule has 0 aliphatic rings. The third-order valence-electron chi connectivity index (χ3n) is 4.08. The van der Waals surface area contributed by atoms with Crippen LogP contribution in [0.3, 0.4) is 0 Å². The fourth-order valence-electron chi connectivity index (χ4n) is 2.71. The third-order valence-corrected chi connectivity index (χ3v) is 4.08. The maximum Gasteiger partial charge on any atom is 0.173 e. The lowest BCUT2D eigenvalue weighted by molar-refractivity contribution is 0.307. The van der Waals surface area contributed by atoms with Gasteiger partial charge in [-0.05, 0) is 42.5 Å². The molecule has 4 rings (SSSR count). The third kappa shape index (κ3) is 3.84. The van der Waals surface area contributed by atoms with Crippen LogP contribution in [0.1, 0.15) is 11.1 Å². The molecule has 0 spiro atoms. The SMILES string of the molecule is N#Cc1ccc(Oc2c[nH]nc2-c2ccccc2OCc2cccnc2)cc1. The quantitative estimate of drug-likeness (QED) is 0.533. The molecule has 28 heavy (non-hydrogen) atoms. The average molecular weight is 368 g/mol. The van der Waals surface area contributed by atoms with Crippen molar-refractivity contribution in [3.05, 3.63) is 90.4 Å². The van der Waals surface area contributed by atoms with E-state index >= 15 is 0 Å². The van der Waals surface area contributed by atoms with Crippen molar-refractivity contribution in [3.8, 4) is 34.6 Å². The number of pyridine rings is 1. The molecular weight excluding hydrogens is 352 g/mol. The lowest BCUT2D eigenvalue weighted by Crippen LogP contribution is -1.98. The Morgan fingerprint density at radius 1 is 0.964 bits per heavy atom. The van der Waals surface area contributed by atoms with E-state index < -0.39 is 0 Å². The molecule has 0 saturated carbocycles. The van der Waals surface area contributed by atoms with E-state index in [9.17, 15) is 0 Å². The Balaban J connectivity index is 1.58. The fourth-order valence-corrected chi connectivity index (χ4v) is 2.71. The number of nitriles is 1. The molecule has 136 valence electrons. The van der Waals surface area contributed by atoms with E-state index in [0.717, 1.165) is 11.1 Å². The van der Waals surface area contributed by atoms with Crippen molar-refractivity contribution in [1.29, 1.82) is 5.26 Å². The number of hydrogen-bond acceptors (Lipinski definition) is 5. The molecule has 0 fully saturated rings. The fraction of sp³-hybridized carbons (Fsp3) is 0.0455. The molecule has 2 aromatic heterocycles. The van der Waals surface area contributed by atoms with Gasteiger partial charge in [-0.2, -0.15) is 10.4 Å². The molecule has 2 aromatic carbocycles. The van der Waals surface area contributed by atoms with Gasteiger partial charge in [0.2, 0.25) is 0 Å². The summed E-state index contributed by atoms with van der Waals surface area (Å²) in [6.45, 7) is 0.404. The molecule has 0 aliphatic carbocycles. The first-order valence-corrected chi connectivity index (χ1v) is 8.66. The summed E-state index contributed by atoms with van der Waals surface area (Å²) in [6, 6.07) is 20.5. The molecular formula is C22H16N4O2. The molecule has 4 aromatic rings. The first kappa shape index (κ1) is 17.3. The van der Waals surface area contributed by atoms with Gasteiger partial charge in [-0.3, -0.25) is 10.1 Å².